The van der Waals surface area contributed by atoms with Crippen molar-refractivity contribution in [3.63, 3.8) is 0 Å². The van der Waals surface area contributed by atoms with Gasteiger partial charge in [-0.25, -0.2) is 0 Å². The maximum absolute atomic E-state index is 12.1. The third kappa shape index (κ3) is 3.77. The molecule has 23 heavy (non-hydrogen) atoms. The molecule has 1 saturated carbocycles. The van der Waals surface area contributed by atoms with Crippen LogP contribution < -0.4 is 10.6 Å². The van der Waals surface area contributed by atoms with Crippen LogP contribution in [0.1, 0.15) is 24.1 Å². The van der Waals surface area contributed by atoms with Crippen molar-refractivity contribution in [3.8, 4) is 0 Å². The normalized spacial score (nSPS) is 13.7. The first-order valence-electron chi connectivity index (χ1n) is 7.71. The Balaban J connectivity index is 1.56. The molecule has 2 amide bonds. The lowest BCUT2D eigenvalue weighted by Gasteiger charge is -2.07. The number of amides is 2. The summed E-state index contributed by atoms with van der Waals surface area (Å²) < 4.78 is 1.72. The number of aromatic nitrogens is 2. The molecule has 2 N–H and O–H groups in total. The Morgan fingerprint density at radius 2 is 1.91 bits per heavy atom. The number of benzene rings is 1. The van der Waals surface area contributed by atoms with Crippen molar-refractivity contribution >= 4 is 23.2 Å². The fraction of sp³-hybridized carbons (Fsp3) is 0.353. The van der Waals surface area contributed by atoms with E-state index in [-0.39, 0.29) is 24.2 Å². The van der Waals surface area contributed by atoms with Crippen LogP contribution in [0.3, 0.4) is 0 Å². The molecule has 0 saturated heterocycles. The highest BCUT2D eigenvalue weighted by molar-refractivity contribution is 5.94. The van der Waals surface area contributed by atoms with Gasteiger partial charge >= 0.3 is 0 Å². The van der Waals surface area contributed by atoms with Gasteiger partial charge in [0.05, 0.1) is 24.0 Å². The van der Waals surface area contributed by atoms with Crippen LogP contribution in [0.5, 0.6) is 0 Å². The Kier molecular flexibility index (Phi) is 4.14. The van der Waals surface area contributed by atoms with E-state index in [1.165, 1.54) is 0 Å². The van der Waals surface area contributed by atoms with E-state index < -0.39 is 0 Å². The van der Waals surface area contributed by atoms with Gasteiger partial charge < -0.3 is 10.6 Å². The summed E-state index contributed by atoms with van der Waals surface area (Å²) in [5, 5.41) is 9.84. The third-order valence-corrected chi connectivity index (χ3v) is 4.04. The topological polar surface area (TPSA) is 76.0 Å². The average Bonchev–Trinajstić information content (AvgIpc) is 3.33. The summed E-state index contributed by atoms with van der Waals surface area (Å²) in [7, 11) is 1.83. The molecular formula is C17H20N4O2. The van der Waals surface area contributed by atoms with E-state index >= 15 is 0 Å². The highest BCUT2D eigenvalue weighted by Crippen LogP contribution is 2.30. The Bertz CT molecular complexity index is 730. The first-order valence-corrected chi connectivity index (χ1v) is 7.71. The zero-order chi connectivity index (χ0) is 16.4. The van der Waals surface area contributed by atoms with Crippen molar-refractivity contribution in [2.24, 2.45) is 13.0 Å². The number of rotatable bonds is 5. The van der Waals surface area contributed by atoms with E-state index in [0.29, 0.717) is 0 Å². The summed E-state index contributed by atoms with van der Waals surface area (Å²) in [6.07, 6.45) is 3.89. The van der Waals surface area contributed by atoms with Crippen LogP contribution in [0.15, 0.2) is 30.5 Å². The second-order valence-corrected chi connectivity index (χ2v) is 5.95. The summed E-state index contributed by atoms with van der Waals surface area (Å²) in [5.74, 6) is 0.182. The molecule has 1 heterocycles. The zero-order valence-corrected chi connectivity index (χ0v) is 13.3. The van der Waals surface area contributed by atoms with Crippen molar-refractivity contribution in [1.82, 2.24) is 9.78 Å². The summed E-state index contributed by atoms with van der Waals surface area (Å²) >= 11 is 0. The molecule has 0 radical (unpaired) electrons. The van der Waals surface area contributed by atoms with Crippen LogP contribution in [-0.4, -0.2) is 21.6 Å². The van der Waals surface area contributed by atoms with Gasteiger partial charge in [-0.3, -0.25) is 14.3 Å². The predicted octanol–water partition coefficient (Wildman–Crippen LogP) is 2.26. The van der Waals surface area contributed by atoms with E-state index in [9.17, 15) is 9.59 Å². The molecule has 0 aliphatic heterocycles. The summed E-state index contributed by atoms with van der Waals surface area (Å²) in [5.41, 5.74) is 3.31. The maximum atomic E-state index is 12.1. The molecule has 1 aromatic heterocycles. The molecule has 1 aliphatic rings. The molecule has 1 aromatic carbocycles. The van der Waals surface area contributed by atoms with Crippen LogP contribution in [0, 0.1) is 12.8 Å². The summed E-state index contributed by atoms with van der Waals surface area (Å²) in [4.78, 5) is 23.8. The predicted molar refractivity (Wildman–Crippen MR) is 88.1 cm³/mol. The summed E-state index contributed by atoms with van der Waals surface area (Å²) in [6, 6.07) is 7.38. The molecule has 2 aromatic rings. The van der Waals surface area contributed by atoms with E-state index in [4.69, 9.17) is 0 Å². The van der Waals surface area contributed by atoms with E-state index in [1.807, 2.05) is 38.2 Å². The molecule has 0 atom stereocenters. The fourth-order valence-corrected chi connectivity index (χ4v) is 2.30. The number of carbonyl (C=O) groups is 2. The standard InChI is InChI=1S/C17H20N4O2/c1-11-15(10-18-21(11)2)20-16(22)9-12-3-7-14(8-4-12)19-17(23)13-5-6-13/h3-4,7-8,10,13H,5-6,9H2,1-2H3,(H,19,23)(H,20,22). The Morgan fingerprint density at radius 1 is 1.22 bits per heavy atom. The van der Waals surface area contributed by atoms with E-state index in [1.54, 1.807) is 10.9 Å². The monoisotopic (exact) mass is 312 g/mol. The van der Waals surface area contributed by atoms with Gasteiger partial charge in [-0.1, -0.05) is 12.1 Å². The number of hydrogen-bond acceptors (Lipinski definition) is 3. The average molecular weight is 312 g/mol. The van der Waals surface area contributed by atoms with Gasteiger partial charge in [0, 0.05) is 18.7 Å². The van der Waals surface area contributed by atoms with Crippen molar-refractivity contribution in [2.75, 3.05) is 10.6 Å². The smallest absolute Gasteiger partial charge is 0.228 e. The number of anilines is 2. The first-order chi connectivity index (χ1) is 11.0. The number of carbonyl (C=O) groups excluding carboxylic acids is 2. The molecule has 0 bridgehead atoms. The highest BCUT2D eigenvalue weighted by atomic mass is 16.2. The number of nitrogens with one attached hydrogen (secondary N) is 2. The van der Waals surface area contributed by atoms with Gasteiger partial charge in [-0.15, -0.1) is 0 Å². The van der Waals surface area contributed by atoms with Gasteiger partial charge in [-0.2, -0.15) is 5.10 Å². The van der Waals surface area contributed by atoms with Crippen LogP contribution in [-0.2, 0) is 23.1 Å². The van der Waals surface area contributed by atoms with E-state index in [0.717, 1.165) is 35.5 Å². The number of nitrogens with zero attached hydrogens (tertiary/aromatic N) is 2. The Morgan fingerprint density at radius 3 is 2.48 bits per heavy atom. The fourth-order valence-electron chi connectivity index (χ4n) is 2.30. The Labute approximate surface area is 134 Å². The number of hydrogen-bond donors (Lipinski definition) is 2. The highest BCUT2D eigenvalue weighted by Gasteiger charge is 2.29. The lowest BCUT2D eigenvalue weighted by molar-refractivity contribution is -0.117. The molecule has 1 aliphatic carbocycles. The molecule has 3 rings (SSSR count). The van der Waals surface area contributed by atoms with Gasteiger partial charge in [-0.05, 0) is 37.5 Å². The minimum Gasteiger partial charge on any atom is -0.326 e. The van der Waals surface area contributed by atoms with Crippen molar-refractivity contribution in [3.05, 3.63) is 41.7 Å². The SMILES string of the molecule is Cc1c(NC(=O)Cc2ccc(NC(=O)C3CC3)cc2)cnn1C. The Hall–Kier alpha value is -2.63. The van der Waals surface area contributed by atoms with Crippen molar-refractivity contribution < 1.29 is 9.59 Å². The molecule has 120 valence electrons. The maximum Gasteiger partial charge on any atom is 0.228 e. The first kappa shape index (κ1) is 15.3. The molecule has 0 unspecified atom stereocenters. The number of aryl methyl sites for hydroxylation is 1. The summed E-state index contributed by atoms with van der Waals surface area (Å²) in [6.45, 7) is 1.90. The minimum atomic E-state index is -0.0872. The van der Waals surface area contributed by atoms with Crippen LogP contribution >= 0.6 is 0 Å². The van der Waals surface area contributed by atoms with Crippen LogP contribution in [0.2, 0.25) is 0 Å². The quantitative estimate of drug-likeness (QED) is 0.889. The van der Waals surface area contributed by atoms with Crippen molar-refractivity contribution in [1.29, 1.82) is 0 Å². The second kappa shape index (κ2) is 6.24. The molecule has 0 spiro atoms. The lowest BCUT2D eigenvalue weighted by atomic mass is 10.1. The van der Waals surface area contributed by atoms with E-state index in [2.05, 4.69) is 15.7 Å². The molecule has 1 fully saturated rings. The van der Waals surface area contributed by atoms with Gasteiger partial charge in [0.2, 0.25) is 11.8 Å². The molecular weight excluding hydrogens is 292 g/mol. The van der Waals surface area contributed by atoms with Crippen molar-refractivity contribution in [2.45, 2.75) is 26.2 Å². The third-order valence-electron chi connectivity index (χ3n) is 4.04. The minimum absolute atomic E-state index is 0.0857. The van der Waals surface area contributed by atoms with Gasteiger partial charge in [0.1, 0.15) is 0 Å². The zero-order valence-electron chi connectivity index (χ0n) is 13.3. The van der Waals surface area contributed by atoms with Crippen LogP contribution in [0.25, 0.3) is 0 Å². The largest absolute Gasteiger partial charge is 0.326 e. The lowest BCUT2D eigenvalue weighted by Crippen LogP contribution is -2.15. The second-order valence-electron chi connectivity index (χ2n) is 5.95. The molecule has 6 nitrogen and oxygen atoms in total. The van der Waals surface area contributed by atoms with Gasteiger partial charge in [0.25, 0.3) is 0 Å². The van der Waals surface area contributed by atoms with Crippen LogP contribution in [0.4, 0.5) is 11.4 Å². The molecule has 6 heteroatoms. The van der Waals surface area contributed by atoms with Gasteiger partial charge in [0.15, 0.2) is 0 Å².